The first kappa shape index (κ1) is 14.5. The molecule has 1 aromatic carbocycles. The second-order valence-corrected chi connectivity index (χ2v) is 7.06. The highest BCUT2D eigenvalue weighted by atomic mass is 32.2. The van der Waals surface area contributed by atoms with E-state index in [9.17, 15) is 8.42 Å². The van der Waals surface area contributed by atoms with Gasteiger partial charge in [-0.1, -0.05) is 25.1 Å². The van der Waals surface area contributed by atoms with E-state index in [-0.39, 0.29) is 6.04 Å². The minimum Gasteiger partial charge on any atom is -0.316 e. The Kier molecular flexibility index (Phi) is 4.60. The highest BCUT2D eigenvalue weighted by molar-refractivity contribution is 7.89. The van der Waals surface area contributed by atoms with Crippen LogP contribution in [0.2, 0.25) is 0 Å². The largest absolute Gasteiger partial charge is 0.316 e. The maximum Gasteiger partial charge on any atom is 0.241 e. The third-order valence-corrected chi connectivity index (χ3v) is 5.27. The molecule has 0 radical (unpaired) electrons. The van der Waals surface area contributed by atoms with E-state index in [2.05, 4.69) is 17.0 Å². The van der Waals surface area contributed by atoms with Crippen LogP contribution in [0.1, 0.15) is 31.7 Å². The molecule has 1 fully saturated rings. The lowest BCUT2D eigenvalue weighted by molar-refractivity contribution is 0.537. The summed E-state index contributed by atoms with van der Waals surface area (Å²) in [7, 11) is -1.60. The van der Waals surface area contributed by atoms with Crippen LogP contribution in [-0.4, -0.2) is 21.5 Å². The van der Waals surface area contributed by atoms with E-state index in [0.29, 0.717) is 17.4 Å². The number of nitrogens with one attached hydrogen (secondary N) is 2. The second-order valence-electron chi connectivity index (χ2n) is 5.37. The Balaban J connectivity index is 2.19. The van der Waals surface area contributed by atoms with Crippen molar-refractivity contribution in [2.75, 3.05) is 7.05 Å². The van der Waals surface area contributed by atoms with Crippen LogP contribution in [0.5, 0.6) is 0 Å². The standard InChI is InChI=1S/C14H22N2O2S/c1-11-7-8-13(9-11)16-19(17,18)14-6-4-3-5-12(14)10-15-2/h3-6,11,13,15-16H,7-10H2,1-2H3. The summed E-state index contributed by atoms with van der Waals surface area (Å²) in [4.78, 5) is 0.393. The third kappa shape index (κ3) is 3.55. The van der Waals surface area contributed by atoms with Gasteiger partial charge in [-0.2, -0.15) is 0 Å². The molecule has 2 N–H and O–H groups in total. The van der Waals surface area contributed by atoms with Gasteiger partial charge in [0.2, 0.25) is 10.0 Å². The summed E-state index contributed by atoms with van der Waals surface area (Å²) in [6.45, 7) is 2.72. The van der Waals surface area contributed by atoms with Gasteiger partial charge in [-0.15, -0.1) is 0 Å². The van der Waals surface area contributed by atoms with Gasteiger partial charge in [-0.05, 0) is 43.9 Å². The summed E-state index contributed by atoms with van der Waals surface area (Å²) < 4.78 is 27.7. The van der Waals surface area contributed by atoms with E-state index in [1.807, 2.05) is 19.2 Å². The molecule has 2 unspecified atom stereocenters. The Morgan fingerprint density at radius 1 is 1.26 bits per heavy atom. The summed E-state index contributed by atoms with van der Waals surface area (Å²) in [5.74, 6) is 0.611. The van der Waals surface area contributed by atoms with Gasteiger partial charge in [0.15, 0.2) is 0 Å². The van der Waals surface area contributed by atoms with Crippen molar-refractivity contribution in [3.63, 3.8) is 0 Å². The first-order chi connectivity index (χ1) is 9.03. The maximum atomic E-state index is 12.5. The number of rotatable bonds is 5. The molecule has 19 heavy (non-hydrogen) atoms. The molecule has 0 bridgehead atoms. The zero-order valence-electron chi connectivity index (χ0n) is 11.5. The molecule has 1 saturated carbocycles. The van der Waals surface area contributed by atoms with Crippen LogP contribution >= 0.6 is 0 Å². The minimum atomic E-state index is -3.41. The zero-order chi connectivity index (χ0) is 13.9. The van der Waals surface area contributed by atoms with Crippen LogP contribution in [0.15, 0.2) is 29.2 Å². The number of hydrogen-bond acceptors (Lipinski definition) is 3. The molecule has 5 heteroatoms. The van der Waals surface area contributed by atoms with Crippen molar-refractivity contribution < 1.29 is 8.42 Å². The number of benzene rings is 1. The summed E-state index contributed by atoms with van der Waals surface area (Å²) in [6.07, 6.45) is 2.98. The molecule has 1 aromatic rings. The molecule has 0 heterocycles. The smallest absolute Gasteiger partial charge is 0.241 e. The van der Waals surface area contributed by atoms with Gasteiger partial charge in [0.1, 0.15) is 0 Å². The lowest BCUT2D eigenvalue weighted by Gasteiger charge is -2.15. The predicted octanol–water partition coefficient (Wildman–Crippen LogP) is 1.87. The van der Waals surface area contributed by atoms with Crippen LogP contribution < -0.4 is 10.0 Å². The highest BCUT2D eigenvalue weighted by Gasteiger charge is 2.27. The zero-order valence-corrected chi connectivity index (χ0v) is 12.3. The summed E-state index contributed by atoms with van der Waals surface area (Å²) in [5, 5.41) is 3.00. The molecule has 1 aliphatic rings. The maximum absolute atomic E-state index is 12.5. The van der Waals surface area contributed by atoms with Crippen LogP contribution in [0, 0.1) is 5.92 Å². The summed E-state index contributed by atoms with van der Waals surface area (Å²) >= 11 is 0. The summed E-state index contributed by atoms with van der Waals surface area (Å²) in [5.41, 5.74) is 0.809. The lowest BCUT2D eigenvalue weighted by Crippen LogP contribution is -2.33. The lowest BCUT2D eigenvalue weighted by atomic mass is 10.1. The molecule has 4 nitrogen and oxygen atoms in total. The van der Waals surface area contributed by atoms with Crippen LogP contribution in [0.4, 0.5) is 0 Å². The average Bonchev–Trinajstić information content (AvgIpc) is 2.75. The van der Waals surface area contributed by atoms with Crippen molar-refractivity contribution in [3.8, 4) is 0 Å². The van der Waals surface area contributed by atoms with E-state index in [0.717, 1.165) is 24.8 Å². The van der Waals surface area contributed by atoms with E-state index in [1.165, 1.54) is 0 Å². The fourth-order valence-electron chi connectivity index (χ4n) is 2.70. The van der Waals surface area contributed by atoms with Crippen molar-refractivity contribution in [2.45, 2.75) is 43.7 Å². The average molecular weight is 282 g/mol. The molecule has 0 aromatic heterocycles. The molecular weight excluding hydrogens is 260 g/mol. The quantitative estimate of drug-likeness (QED) is 0.867. The van der Waals surface area contributed by atoms with Gasteiger partial charge in [-0.3, -0.25) is 0 Å². The second kappa shape index (κ2) is 6.03. The van der Waals surface area contributed by atoms with Crippen molar-refractivity contribution in [1.82, 2.24) is 10.0 Å². The Morgan fingerprint density at radius 3 is 2.63 bits per heavy atom. The van der Waals surface area contributed by atoms with Crippen LogP contribution in [0.25, 0.3) is 0 Å². The molecule has 0 amide bonds. The van der Waals surface area contributed by atoms with Gasteiger partial charge in [0.25, 0.3) is 0 Å². The molecule has 0 aliphatic heterocycles. The Hall–Kier alpha value is -0.910. The van der Waals surface area contributed by atoms with Gasteiger partial charge >= 0.3 is 0 Å². The van der Waals surface area contributed by atoms with Crippen molar-refractivity contribution in [1.29, 1.82) is 0 Å². The van der Waals surface area contributed by atoms with E-state index in [4.69, 9.17) is 0 Å². The van der Waals surface area contributed by atoms with Crippen LogP contribution in [-0.2, 0) is 16.6 Å². The topological polar surface area (TPSA) is 58.2 Å². The predicted molar refractivity (Wildman–Crippen MR) is 76.3 cm³/mol. The number of sulfonamides is 1. The molecular formula is C14H22N2O2S. The normalized spacial score (nSPS) is 23.7. The molecule has 2 rings (SSSR count). The van der Waals surface area contributed by atoms with Gasteiger partial charge in [0.05, 0.1) is 4.90 Å². The Bertz CT molecular complexity index is 528. The third-order valence-electron chi connectivity index (χ3n) is 3.65. The SMILES string of the molecule is CNCc1ccccc1S(=O)(=O)NC1CCC(C)C1. The first-order valence-electron chi connectivity index (χ1n) is 6.78. The number of hydrogen-bond donors (Lipinski definition) is 2. The molecule has 2 atom stereocenters. The van der Waals surface area contributed by atoms with Gasteiger partial charge < -0.3 is 5.32 Å². The minimum absolute atomic E-state index is 0.0858. The van der Waals surface area contributed by atoms with E-state index < -0.39 is 10.0 Å². The van der Waals surface area contributed by atoms with E-state index >= 15 is 0 Å². The Labute approximate surface area is 115 Å². The molecule has 0 spiro atoms. The fourth-order valence-corrected chi connectivity index (χ4v) is 4.22. The van der Waals surface area contributed by atoms with Gasteiger partial charge in [0, 0.05) is 12.6 Å². The molecule has 106 valence electrons. The van der Waals surface area contributed by atoms with E-state index in [1.54, 1.807) is 12.1 Å². The van der Waals surface area contributed by atoms with Gasteiger partial charge in [-0.25, -0.2) is 13.1 Å². The molecule has 0 saturated heterocycles. The van der Waals surface area contributed by atoms with Crippen molar-refractivity contribution in [3.05, 3.63) is 29.8 Å². The van der Waals surface area contributed by atoms with Crippen molar-refractivity contribution >= 4 is 10.0 Å². The molecule has 1 aliphatic carbocycles. The Morgan fingerprint density at radius 2 is 2.00 bits per heavy atom. The first-order valence-corrected chi connectivity index (χ1v) is 8.26. The summed E-state index contributed by atoms with van der Waals surface area (Å²) in [6, 6.07) is 7.24. The monoisotopic (exact) mass is 282 g/mol. The van der Waals surface area contributed by atoms with Crippen molar-refractivity contribution in [2.24, 2.45) is 5.92 Å². The highest BCUT2D eigenvalue weighted by Crippen LogP contribution is 2.26. The van der Waals surface area contributed by atoms with Crippen LogP contribution in [0.3, 0.4) is 0 Å². The fraction of sp³-hybridized carbons (Fsp3) is 0.571.